The van der Waals surface area contributed by atoms with Gasteiger partial charge in [0, 0.05) is 0 Å². The van der Waals surface area contributed by atoms with Gasteiger partial charge in [-0.05, 0) is 0 Å². The summed E-state index contributed by atoms with van der Waals surface area (Å²) in [5.74, 6) is 0.817. The van der Waals surface area contributed by atoms with Crippen LogP contribution in [0.5, 0.6) is 11.5 Å². The number of para-hydroxylation sites is 2. The Balaban J connectivity index is 1.81. The summed E-state index contributed by atoms with van der Waals surface area (Å²) in [5.41, 5.74) is 0. The molecular formula is C12H11O5P. The summed E-state index contributed by atoms with van der Waals surface area (Å²) < 4.78 is 19.9. The van der Waals surface area contributed by atoms with Gasteiger partial charge >= 0.3 is 103 Å². The van der Waals surface area contributed by atoms with E-state index >= 15 is 0 Å². The maximum atomic E-state index is 10.2. The molecule has 1 aliphatic heterocycles. The van der Waals surface area contributed by atoms with Crippen LogP contribution in [0.15, 0.2) is 60.7 Å². The molecule has 0 unspecified atom stereocenters. The van der Waals surface area contributed by atoms with Crippen molar-refractivity contribution in [2.75, 3.05) is 0 Å². The third-order valence-corrected chi connectivity index (χ3v) is 3.82. The summed E-state index contributed by atoms with van der Waals surface area (Å²) in [6.45, 7) is 0. The van der Waals surface area contributed by atoms with Crippen molar-refractivity contribution in [1.82, 2.24) is 0 Å². The Morgan fingerprint density at radius 1 is 0.722 bits per heavy atom. The van der Waals surface area contributed by atoms with E-state index in [9.17, 15) is 4.89 Å². The van der Waals surface area contributed by atoms with Gasteiger partial charge in [-0.1, -0.05) is 0 Å². The second-order valence-corrected chi connectivity index (χ2v) is 5.94. The van der Waals surface area contributed by atoms with E-state index in [2.05, 4.69) is 9.35 Å². The van der Waals surface area contributed by atoms with Crippen molar-refractivity contribution in [3.8, 4) is 11.5 Å². The quantitative estimate of drug-likeness (QED) is 0.523. The molecule has 0 radical (unpaired) electrons. The Morgan fingerprint density at radius 3 is 1.44 bits per heavy atom. The van der Waals surface area contributed by atoms with Crippen molar-refractivity contribution < 1.29 is 23.3 Å². The summed E-state index contributed by atoms with van der Waals surface area (Å²) in [4.78, 5) is 10.2. The van der Waals surface area contributed by atoms with Gasteiger partial charge < -0.3 is 0 Å². The van der Waals surface area contributed by atoms with Gasteiger partial charge in [0.05, 0.1) is 0 Å². The summed E-state index contributed by atoms with van der Waals surface area (Å²) in [6.07, 6.45) is 0. The van der Waals surface area contributed by atoms with Gasteiger partial charge in [0.25, 0.3) is 0 Å². The molecule has 0 aromatic heterocycles. The molecule has 1 N–H and O–H groups in total. The molecular weight excluding hydrogens is 255 g/mol. The van der Waals surface area contributed by atoms with Crippen LogP contribution in [0.2, 0.25) is 0 Å². The molecule has 3 rings (SSSR count). The van der Waals surface area contributed by atoms with Gasteiger partial charge in [0.15, 0.2) is 0 Å². The molecule has 1 saturated heterocycles. The minimum atomic E-state index is -4.41. The normalized spacial score (nSPS) is 21.3. The van der Waals surface area contributed by atoms with Gasteiger partial charge in [0.2, 0.25) is 0 Å². The molecule has 2 aromatic rings. The fourth-order valence-corrected chi connectivity index (χ4v) is 2.88. The van der Waals surface area contributed by atoms with E-state index in [1.807, 2.05) is 12.1 Å². The van der Waals surface area contributed by atoms with Crippen LogP contribution in [0.1, 0.15) is 0 Å². The molecule has 0 saturated carbocycles. The van der Waals surface area contributed by atoms with Gasteiger partial charge in [-0.15, -0.1) is 0 Å². The predicted molar refractivity (Wildman–Crippen MR) is 65.4 cm³/mol. The third-order valence-electron chi connectivity index (χ3n) is 2.27. The van der Waals surface area contributed by atoms with E-state index in [-0.39, 0.29) is 0 Å². The van der Waals surface area contributed by atoms with E-state index in [1.54, 1.807) is 48.5 Å². The molecule has 94 valence electrons. The van der Waals surface area contributed by atoms with Crippen molar-refractivity contribution in [3.63, 3.8) is 0 Å². The van der Waals surface area contributed by atoms with E-state index in [0.29, 0.717) is 11.5 Å². The van der Waals surface area contributed by atoms with Gasteiger partial charge in [-0.3, -0.25) is 0 Å². The number of hydrogen-bond donors (Lipinski definition) is 1. The zero-order valence-corrected chi connectivity index (χ0v) is 10.2. The second-order valence-electron chi connectivity index (χ2n) is 3.73. The second kappa shape index (κ2) is 3.93. The predicted octanol–water partition coefficient (Wildman–Crippen LogP) is 3.23. The van der Waals surface area contributed by atoms with Gasteiger partial charge in [-0.2, -0.15) is 0 Å². The molecule has 1 aliphatic rings. The van der Waals surface area contributed by atoms with E-state index in [0.717, 1.165) is 0 Å². The molecule has 0 atom stereocenters. The van der Waals surface area contributed by atoms with Crippen LogP contribution < -0.4 is 9.05 Å². The maximum absolute atomic E-state index is 10.2. The number of hydrogen-bond acceptors (Lipinski definition) is 5. The van der Waals surface area contributed by atoms with Crippen LogP contribution in [0.3, 0.4) is 0 Å². The van der Waals surface area contributed by atoms with Crippen LogP contribution in [0, 0.1) is 0 Å². The first-order valence-corrected chi connectivity index (χ1v) is 7.19. The standard InChI is InChI=1S/C12H11O5P/c13-18(16-17-18,14-11-7-3-1-4-8-11)15-12-9-5-2-6-10-12/h1-10,13H. The molecule has 0 bridgehead atoms. The average Bonchev–Trinajstić information content (AvgIpc) is 3.05. The van der Waals surface area contributed by atoms with E-state index in [4.69, 9.17) is 9.05 Å². The molecule has 0 spiro atoms. The zero-order chi connectivity index (χ0) is 12.5. The molecule has 1 fully saturated rings. The average molecular weight is 266 g/mol. The topological polar surface area (TPSA) is 63.8 Å². The molecule has 1 heterocycles. The molecule has 18 heavy (non-hydrogen) atoms. The van der Waals surface area contributed by atoms with E-state index < -0.39 is 7.74 Å². The summed E-state index contributed by atoms with van der Waals surface area (Å²) >= 11 is 0. The summed E-state index contributed by atoms with van der Waals surface area (Å²) in [7, 11) is -4.41. The van der Waals surface area contributed by atoms with Crippen molar-refractivity contribution in [2.24, 2.45) is 0 Å². The zero-order valence-electron chi connectivity index (χ0n) is 9.30. The molecule has 5 nitrogen and oxygen atoms in total. The Morgan fingerprint density at radius 2 is 1.11 bits per heavy atom. The molecule has 6 heteroatoms. The van der Waals surface area contributed by atoms with Gasteiger partial charge in [-0.25, -0.2) is 0 Å². The molecule has 0 amide bonds. The van der Waals surface area contributed by atoms with Crippen LogP contribution in [0.4, 0.5) is 0 Å². The Hall–Kier alpha value is -1.65. The molecule has 0 aliphatic carbocycles. The summed E-state index contributed by atoms with van der Waals surface area (Å²) in [6, 6.07) is 17.4. The number of benzene rings is 2. The first-order chi connectivity index (χ1) is 8.66. The Kier molecular flexibility index (Phi) is 2.50. The first-order valence-electron chi connectivity index (χ1n) is 5.33. The van der Waals surface area contributed by atoms with Crippen LogP contribution >= 0.6 is 7.74 Å². The fourth-order valence-electron chi connectivity index (χ4n) is 1.44. The fraction of sp³-hybridized carbons (Fsp3) is 0. The first kappa shape index (κ1) is 11.4. The van der Waals surface area contributed by atoms with E-state index in [1.165, 1.54) is 0 Å². The minimum absolute atomic E-state index is 0.408. The monoisotopic (exact) mass is 266 g/mol. The van der Waals surface area contributed by atoms with Crippen molar-refractivity contribution in [1.29, 1.82) is 0 Å². The van der Waals surface area contributed by atoms with Crippen molar-refractivity contribution in [3.05, 3.63) is 60.7 Å². The summed E-state index contributed by atoms with van der Waals surface area (Å²) in [5, 5.41) is 0. The van der Waals surface area contributed by atoms with Crippen LogP contribution in [-0.2, 0) is 9.35 Å². The Labute approximate surface area is 104 Å². The molecule has 2 aromatic carbocycles. The van der Waals surface area contributed by atoms with Crippen LogP contribution in [-0.4, -0.2) is 4.89 Å². The Bertz CT molecular complexity index is 495. The third kappa shape index (κ3) is 2.30. The van der Waals surface area contributed by atoms with Crippen LogP contribution in [0.25, 0.3) is 0 Å². The number of rotatable bonds is 4. The van der Waals surface area contributed by atoms with Crippen molar-refractivity contribution >= 4 is 7.74 Å². The van der Waals surface area contributed by atoms with Gasteiger partial charge in [0.1, 0.15) is 0 Å². The SMILES string of the molecule is OP1(Oc2ccccc2)(Oc2ccccc2)OO1. The van der Waals surface area contributed by atoms with Crippen molar-refractivity contribution in [2.45, 2.75) is 0 Å².